The first kappa shape index (κ1) is 16.3. The molecular formula is C20H17Br2N. The van der Waals surface area contributed by atoms with Gasteiger partial charge in [0.2, 0.25) is 0 Å². The van der Waals surface area contributed by atoms with Gasteiger partial charge in [0.25, 0.3) is 0 Å². The lowest BCUT2D eigenvalue weighted by Crippen LogP contribution is -2.12. The summed E-state index contributed by atoms with van der Waals surface area (Å²) in [5.41, 5.74) is 5.98. The molecule has 0 unspecified atom stereocenters. The van der Waals surface area contributed by atoms with Gasteiger partial charge >= 0.3 is 0 Å². The lowest BCUT2D eigenvalue weighted by molar-refractivity contribution is 1.22. The highest BCUT2D eigenvalue weighted by Gasteiger charge is 2.16. The van der Waals surface area contributed by atoms with Gasteiger partial charge in [0, 0.05) is 26.0 Å². The van der Waals surface area contributed by atoms with E-state index in [1.807, 2.05) is 0 Å². The molecular weight excluding hydrogens is 414 g/mol. The monoisotopic (exact) mass is 429 g/mol. The van der Waals surface area contributed by atoms with Crippen molar-refractivity contribution in [3.05, 3.63) is 86.8 Å². The van der Waals surface area contributed by atoms with Crippen LogP contribution in [0.1, 0.15) is 11.1 Å². The molecule has 116 valence electrons. The molecule has 0 saturated carbocycles. The number of hydrogen-bond acceptors (Lipinski definition) is 1. The Kier molecular flexibility index (Phi) is 4.88. The van der Waals surface area contributed by atoms with Crippen LogP contribution in [-0.2, 0) is 0 Å². The van der Waals surface area contributed by atoms with E-state index in [9.17, 15) is 0 Å². The summed E-state index contributed by atoms with van der Waals surface area (Å²) in [6.45, 7) is 4.29. The van der Waals surface area contributed by atoms with Crippen LogP contribution in [-0.4, -0.2) is 0 Å². The van der Waals surface area contributed by atoms with Crippen molar-refractivity contribution in [3.8, 4) is 0 Å². The summed E-state index contributed by atoms with van der Waals surface area (Å²) in [5, 5.41) is 0. The molecule has 0 aromatic heterocycles. The Morgan fingerprint density at radius 3 is 1.52 bits per heavy atom. The van der Waals surface area contributed by atoms with Crippen molar-refractivity contribution in [2.24, 2.45) is 0 Å². The van der Waals surface area contributed by atoms with Crippen molar-refractivity contribution in [1.29, 1.82) is 0 Å². The van der Waals surface area contributed by atoms with Gasteiger partial charge in [-0.3, -0.25) is 0 Å². The number of para-hydroxylation sites is 2. The van der Waals surface area contributed by atoms with E-state index in [1.165, 1.54) is 22.5 Å². The molecule has 3 aromatic rings. The second kappa shape index (κ2) is 6.90. The van der Waals surface area contributed by atoms with Crippen molar-refractivity contribution >= 4 is 48.9 Å². The van der Waals surface area contributed by atoms with Crippen LogP contribution in [0.25, 0.3) is 0 Å². The van der Waals surface area contributed by atoms with Gasteiger partial charge in [-0.2, -0.15) is 0 Å². The number of halogens is 2. The summed E-state index contributed by atoms with van der Waals surface area (Å²) < 4.78 is 2.10. The SMILES string of the molecule is Cc1ccccc1N(c1cc(Br)cc(Br)c1)c1ccccc1C. The first-order chi connectivity index (χ1) is 11.1. The fourth-order valence-corrected chi connectivity index (χ4v) is 3.97. The molecule has 23 heavy (non-hydrogen) atoms. The Bertz CT molecular complexity index is 777. The van der Waals surface area contributed by atoms with Crippen LogP contribution >= 0.6 is 31.9 Å². The predicted molar refractivity (Wildman–Crippen MR) is 106 cm³/mol. The minimum absolute atomic E-state index is 1.05. The fourth-order valence-electron chi connectivity index (χ4n) is 2.70. The molecule has 3 heteroatoms. The summed E-state index contributed by atoms with van der Waals surface area (Å²) >= 11 is 7.21. The van der Waals surface area contributed by atoms with Crippen molar-refractivity contribution in [1.82, 2.24) is 0 Å². The number of nitrogens with zero attached hydrogens (tertiary/aromatic N) is 1. The molecule has 3 aromatic carbocycles. The second-order valence-electron chi connectivity index (χ2n) is 5.54. The quantitative estimate of drug-likeness (QED) is 0.421. The molecule has 0 aliphatic carbocycles. The Hall–Kier alpha value is -1.58. The highest BCUT2D eigenvalue weighted by molar-refractivity contribution is 9.11. The number of aryl methyl sites for hydroxylation is 2. The fraction of sp³-hybridized carbons (Fsp3) is 0.100. The van der Waals surface area contributed by atoms with E-state index in [-0.39, 0.29) is 0 Å². The first-order valence-corrected chi connectivity index (χ1v) is 9.02. The molecule has 0 amide bonds. The summed E-state index contributed by atoms with van der Waals surface area (Å²) in [4.78, 5) is 2.31. The van der Waals surface area contributed by atoms with Crippen molar-refractivity contribution in [2.45, 2.75) is 13.8 Å². The smallest absolute Gasteiger partial charge is 0.0490 e. The largest absolute Gasteiger partial charge is 0.310 e. The molecule has 3 rings (SSSR count). The molecule has 0 heterocycles. The zero-order valence-electron chi connectivity index (χ0n) is 13.1. The highest BCUT2D eigenvalue weighted by atomic mass is 79.9. The zero-order valence-corrected chi connectivity index (χ0v) is 16.2. The Balaban J connectivity index is 2.26. The average molecular weight is 431 g/mol. The van der Waals surface area contributed by atoms with Crippen LogP contribution in [0.4, 0.5) is 17.1 Å². The van der Waals surface area contributed by atoms with E-state index in [0.717, 1.165) is 14.6 Å². The molecule has 0 aliphatic heterocycles. The second-order valence-corrected chi connectivity index (χ2v) is 7.37. The standard InChI is InChI=1S/C20H17Br2N/c1-14-7-3-5-9-19(14)23(20-10-6-4-8-15(20)2)18-12-16(21)11-17(22)13-18/h3-13H,1-2H3. The molecule has 1 nitrogen and oxygen atoms in total. The van der Waals surface area contributed by atoms with Gasteiger partial charge in [0.15, 0.2) is 0 Å². The van der Waals surface area contributed by atoms with E-state index in [1.54, 1.807) is 0 Å². The topological polar surface area (TPSA) is 3.24 Å². The Labute approximate surface area is 154 Å². The number of rotatable bonds is 3. The molecule has 0 atom stereocenters. The summed E-state index contributed by atoms with van der Waals surface area (Å²) in [6.07, 6.45) is 0. The van der Waals surface area contributed by atoms with E-state index < -0.39 is 0 Å². The van der Waals surface area contributed by atoms with E-state index in [2.05, 4.69) is 117 Å². The molecule has 0 spiro atoms. The Morgan fingerprint density at radius 2 is 1.09 bits per heavy atom. The van der Waals surface area contributed by atoms with Crippen molar-refractivity contribution in [2.75, 3.05) is 4.90 Å². The normalized spacial score (nSPS) is 10.6. The zero-order chi connectivity index (χ0) is 16.4. The maximum Gasteiger partial charge on any atom is 0.0490 e. The van der Waals surface area contributed by atoms with Gasteiger partial charge in [-0.25, -0.2) is 0 Å². The Morgan fingerprint density at radius 1 is 0.652 bits per heavy atom. The highest BCUT2D eigenvalue weighted by Crippen LogP contribution is 2.39. The molecule has 0 saturated heterocycles. The minimum Gasteiger partial charge on any atom is -0.310 e. The average Bonchev–Trinajstić information content (AvgIpc) is 2.50. The van der Waals surface area contributed by atoms with Gasteiger partial charge in [-0.1, -0.05) is 68.3 Å². The molecule has 0 fully saturated rings. The lowest BCUT2D eigenvalue weighted by atomic mass is 10.1. The van der Waals surface area contributed by atoms with Gasteiger partial charge in [0.1, 0.15) is 0 Å². The molecule has 0 radical (unpaired) electrons. The molecule has 0 bridgehead atoms. The number of anilines is 3. The van der Waals surface area contributed by atoms with Gasteiger partial charge in [-0.05, 0) is 55.3 Å². The molecule has 0 N–H and O–H groups in total. The summed E-state index contributed by atoms with van der Waals surface area (Å²) in [6, 6.07) is 23.3. The van der Waals surface area contributed by atoms with Crippen LogP contribution < -0.4 is 4.90 Å². The van der Waals surface area contributed by atoms with Crippen LogP contribution in [0.3, 0.4) is 0 Å². The number of benzene rings is 3. The van der Waals surface area contributed by atoms with E-state index >= 15 is 0 Å². The summed E-state index contributed by atoms with van der Waals surface area (Å²) in [7, 11) is 0. The van der Waals surface area contributed by atoms with Crippen LogP contribution in [0, 0.1) is 13.8 Å². The predicted octanol–water partition coefficient (Wildman–Crippen LogP) is 7.30. The van der Waals surface area contributed by atoms with E-state index in [0.29, 0.717) is 0 Å². The van der Waals surface area contributed by atoms with Gasteiger partial charge in [0.05, 0.1) is 0 Å². The first-order valence-electron chi connectivity index (χ1n) is 7.44. The van der Waals surface area contributed by atoms with Gasteiger partial charge < -0.3 is 4.90 Å². The lowest BCUT2D eigenvalue weighted by Gasteiger charge is -2.28. The number of hydrogen-bond donors (Lipinski definition) is 0. The molecule has 0 aliphatic rings. The third-order valence-corrected chi connectivity index (χ3v) is 4.73. The maximum absolute atomic E-state index is 3.61. The van der Waals surface area contributed by atoms with Crippen LogP contribution in [0.2, 0.25) is 0 Å². The third kappa shape index (κ3) is 3.51. The van der Waals surface area contributed by atoms with Crippen molar-refractivity contribution < 1.29 is 0 Å². The van der Waals surface area contributed by atoms with Crippen LogP contribution in [0.5, 0.6) is 0 Å². The minimum atomic E-state index is 1.05. The van der Waals surface area contributed by atoms with E-state index in [4.69, 9.17) is 0 Å². The van der Waals surface area contributed by atoms with Gasteiger partial charge in [-0.15, -0.1) is 0 Å². The summed E-state index contributed by atoms with van der Waals surface area (Å²) in [5.74, 6) is 0. The van der Waals surface area contributed by atoms with Crippen LogP contribution in [0.15, 0.2) is 75.7 Å². The maximum atomic E-state index is 3.61. The van der Waals surface area contributed by atoms with Crippen molar-refractivity contribution in [3.63, 3.8) is 0 Å². The third-order valence-electron chi connectivity index (χ3n) is 3.82.